The number of benzene rings is 1. The van der Waals surface area contributed by atoms with Gasteiger partial charge in [-0.1, -0.05) is 12.1 Å². The largest absolute Gasteiger partial charge is 0.497 e. The third-order valence-corrected chi connectivity index (χ3v) is 4.64. The van der Waals surface area contributed by atoms with Gasteiger partial charge in [-0.3, -0.25) is 9.69 Å². The minimum absolute atomic E-state index is 0.0599. The SMILES string of the molecule is COc1ccc(CC[C@@H](C)NC(=O)N2CC(=O)N(C3CC3)C2)cc1. The van der Waals surface area contributed by atoms with Crippen LogP contribution in [0.15, 0.2) is 24.3 Å². The number of amides is 3. The number of ether oxygens (including phenoxy) is 1. The number of methoxy groups -OCH3 is 1. The molecule has 130 valence electrons. The van der Waals surface area contributed by atoms with Gasteiger partial charge in [0.05, 0.1) is 13.8 Å². The maximum Gasteiger partial charge on any atom is 0.319 e. The Kier molecular flexibility index (Phi) is 4.92. The van der Waals surface area contributed by atoms with E-state index in [1.807, 2.05) is 36.1 Å². The van der Waals surface area contributed by atoms with Gasteiger partial charge in [-0.25, -0.2) is 4.79 Å². The molecule has 1 aromatic carbocycles. The predicted octanol–water partition coefficient (Wildman–Crippen LogP) is 1.99. The van der Waals surface area contributed by atoms with E-state index in [9.17, 15) is 9.59 Å². The number of carbonyl (C=O) groups is 2. The van der Waals surface area contributed by atoms with Gasteiger partial charge in [0.15, 0.2) is 0 Å². The van der Waals surface area contributed by atoms with Gasteiger partial charge in [0.25, 0.3) is 0 Å². The zero-order chi connectivity index (χ0) is 17.1. The van der Waals surface area contributed by atoms with Crippen molar-refractivity contribution in [3.63, 3.8) is 0 Å². The molecule has 3 rings (SSSR count). The Morgan fingerprint density at radius 1 is 1.33 bits per heavy atom. The van der Waals surface area contributed by atoms with Crippen LogP contribution in [0.25, 0.3) is 0 Å². The van der Waals surface area contributed by atoms with Crippen molar-refractivity contribution in [3.8, 4) is 5.75 Å². The van der Waals surface area contributed by atoms with E-state index in [1.165, 1.54) is 5.56 Å². The number of nitrogens with zero attached hydrogens (tertiary/aromatic N) is 2. The van der Waals surface area contributed by atoms with Crippen LogP contribution in [0, 0.1) is 0 Å². The maximum atomic E-state index is 12.3. The fourth-order valence-corrected chi connectivity index (χ4v) is 2.96. The summed E-state index contributed by atoms with van der Waals surface area (Å²) in [6.07, 6.45) is 3.88. The van der Waals surface area contributed by atoms with Crippen molar-refractivity contribution in [2.75, 3.05) is 20.3 Å². The lowest BCUT2D eigenvalue weighted by atomic mass is 10.1. The Morgan fingerprint density at radius 3 is 2.67 bits per heavy atom. The molecule has 0 bridgehead atoms. The van der Waals surface area contributed by atoms with Crippen molar-refractivity contribution in [2.45, 2.75) is 44.7 Å². The van der Waals surface area contributed by atoms with Crippen LogP contribution < -0.4 is 10.1 Å². The number of nitrogens with one attached hydrogen (secondary N) is 1. The van der Waals surface area contributed by atoms with Crippen LogP contribution in [0.5, 0.6) is 5.75 Å². The molecule has 6 heteroatoms. The first-order chi connectivity index (χ1) is 11.6. The zero-order valence-corrected chi connectivity index (χ0v) is 14.3. The summed E-state index contributed by atoms with van der Waals surface area (Å²) < 4.78 is 5.15. The van der Waals surface area contributed by atoms with Crippen molar-refractivity contribution in [3.05, 3.63) is 29.8 Å². The monoisotopic (exact) mass is 331 g/mol. The number of urea groups is 1. The highest BCUT2D eigenvalue weighted by atomic mass is 16.5. The van der Waals surface area contributed by atoms with Crippen LogP contribution in [-0.4, -0.2) is 54.1 Å². The average molecular weight is 331 g/mol. The van der Waals surface area contributed by atoms with E-state index in [2.05, 4.69) is 5.32 Å². The molecule has 1 aromatic rings. The lowest BCUT2D eigenvalue weighted by Crippen LogP contribution is -2.43. The first kappa shape index (κ1) is 16.6. The first-order valence-electron chi connectivity index (χ1n) is 8.54. The molecule has 1 aliphatic carbocycles. The molecule has 0 unspecified atom stereocenters. The van der Waals surface area contributed by atoms with Gasteiger partial charge >= 0.3 is 6.03 Å². The molecule has 3 amide bonds. The van der Waals surface area contributed by atoms with E-state index < -0.39 is 0 Å². The molecule has 1 saturated heterocycles. The molecule has 6 nitrogen and oxygen atoms in total. The van der Waals surface area contributed by atoms with Crippen molar-refractivity contribution in [2.24, 2.45) is 0 Å². The van der Waals surface area contributed by atoms with Crippen LogP contribution in [-0.2, 0) is 11.2 Å². The molecule has 0 aromatic heterocycles. The first-order valence-corrected chi connectivity index (χ1v) is 8.54. The normalized spacial score (nSPS) is 18.7. The van der Waals surface area contributed by atoms with Gasteiger partial charge in [0.2, 0.25) is 5.91 Å². The van der Waals surface area contributed by atoms with Crippen LogP contribution in [0.1, 0.15) is 31.7 Å². The summed E-state index contributed by atoms with van der Waals surface area (Å²) >= 11 is 0. The smallest absolute Gasteiger partial charge is 0.319 e. The van der Waals surface area contributed by atoms with E-state index in [-0.39, 0.29) is 24.5 Å². The molecule has 0 spiro atoms. The highest BCUT2D eigenvalue weighted by Crippen LogP contribution is 2.29. The van der Waals surface area contributed by atoms with Crippen LogP contribution in [0.3, 0.4) is 0 Å². The van der Waals surface area contributed by atoms with Gasteiger partial charge in [0, 0.05) is 12.1 Å². The van der Waals surface area contributed by atoms with Gasteiger partial charge < -0.3 is 15.0 Å². The minimum Gasteiger partial charge on any atom is -0.497 e. The second-order valence-electron chi connectivity index (χ2n) is 6.67. The summed E-state index contributed by atoms with van der Waals surface area (Å²) in [5.41, 5.74) is 1.22. The Balaban J connectivity index is 1.43. The molecule has 1 aliphatic heterocycles. The molecule has 1 atom stereocenters. The van der Waals surface area contributed by atoms with Crippen LogP contribution in [0.2, 0.25) is 0 Å². The second kappa shape index (κ2) is 7.11. The highest BCUT2D eigenvalue weighted by molar-refractivity contribution is 5.87. The molecule has 2 fully saturated rings. The Hall–Kier alpha value is -2.24. The number of hydrogen-bond acceptors (Lipinski definition) is 3. The molecule has 1 heterocycles. The number of hydrogen-bond donors (Lipinski definition) is 1. The average Bonchev–Trinajstić information content (AvgIpc) is 3.35. The van der Waals surface area contributed by atoms with Crippen molar-refractivity contribution in [1.29, 1.82) is 0 Å². The molecule has 0 radical (unpaired) electrons. The quantitative estimate of drug-likeness (QED) is 0.867. The second-order valence-corrected chi connectivity index (χ2v) is 6.67. The molecule has 1 saturated carbocycles. The van der Waals surface area contributed by atoms with Crippen molar-refractivity contribution >= 4 is 11.9 Å². The third kappa shape index (κ3) is 3.99. The van der Waals surface area contributed by atoms with E-state index in [0.29, 0.717) is 12.7 Å². The molecule has 2 aliphatic rings. The Bertz CT molecular complexity index is 598. The van der Waals surface area contributed by atoms with Crippen LogP contribution in [0.4, 0.5) is 4.79 Å². The molecular formula is C18H25N3O3. The number of carbonyl (C=O) groups excluding carboxylic acids is 2. The van der Waals surface area contributed by atoms with E-state index >= 15 is 0 Å². The van der Waals surface area contributed by atoms with E-state index in [1.54, 1.807) is 12.0 Å². The summed E-state index contributed by atoms with van der Waals surface area (Å²) in [5.74, 6) is 0.914. The van der Waals surface area contributed by atoms with Gasteiger partial charge in [0.1, 0.15) is 12.3 Å². The summed E-state index contributed by atoms with van der Waals surface area (Å²) in [5, 5.41) is 3.00. The lowest BCUT2D eigenvalue weighted by molar-refractivity contribution is -0.127. The zero-order valence-electron chi connectivity index (χ0n) is 14.3. The van der Waals surface area contributed by atoms with Gasteiger partial charge in [-0.15, -0.1) is 0 Å². The summed E-state index contributed by atoms with van der Waals surface area (Å²) in [6, 6.07) is 8.25. The number of rotatable bonds is 6. The fourth-order valence-electron chi connectivity index (χ4n) is 2.96. The highest BCUT2D eigenvalue weighted by Gasteiger charge is 2.39. The summed E-state index contributed by atoms with van der Waals surface area (Å²) in [4.78, 5) is 27.6. The Labute approximate surface area is 142 Å². The van der Waals surface area contributed by atoms with Crippen molar-refractivity contribution < 1.29 is 14.3 Å². The molecular weight excluding hydrogens is 306 g/mol. The van der Waals surface area contributed by atoms with Crippen LogP contribution >= 0.6 is 0 Å². The standard InChI is InChI=1S/C18H25N3O3/c1-13(3-4-14-5-9-16(24-2)10-6-14)19-18(23)20-11-17(22)21(12-20)15-7-8-15/h5-6,9-10,13,15H,3-4,7-8,11-12H2,1-2H3,(H,19,23)/t13-/m1/s1. The van der Waals surface area contributed by atoms with Gasteiger partial charge in [-0.05, 0) is 50.3 Å². The number of aryl methyl sites for hydroxylation is 1. The fraction of sp³-hybridized carbons (Fsp3) is 0.556. The van der Waals surface area contributed by atoms with E-state index in [0.717, 1.165) is 31.4 Å². The Morgan fingerprint density at radius 2 is 2.04 bits per heavy atom. The molecule has 1 N–H and O–H groups in total. The third-order valence-electron chi connectivity index (χ3n) is 4.64. The summed E-state index contributed by atoms with van der Waals surface area (Å²) in [6.45, 7) is 2.63. The molecule has 24 heavy (non-hydrogen) atoms. The maximum absolute atomic E-state index is 12.3. The minimum atomic E-state index is -0.145. The lowest BCUT2D eigenvalue weighted by Gasteiger charge is -2.21. The summed E-state index contributed by atoms with van der Waals surface area (Å²) in [7, 11) is 1.65. The topological polar surface area (TPSA) is 61.9 Å². The predicted molar refractivity (Wildman–Crippen MR) is 90.7 cm³/mol. The van der Waals surface area contributed by atoms with Crippen molar-refractivity contribution in [1.82, 2.24) is 15.1 Å². The van der Waals surface area contributed by atoms with E-state index in [4.69, 9.17) is 4.74 Å². The van der Waals surface area contributed by atoms with Gasteiger partial charge in [-0.2, -0.15) is 0 Å².